The van der Waals surface area contributed by atoms with E-state index in [9.17, 15) is 9.59 Å². The van der Waals surface area contributed by atoms with E-state index in [1.165, 1.54) is 14.0 Å². The lowest BCUT2D eigenvalue weighted by atomic mass is 10.1. The molecule has 0 saturated heterocycles. The number of anilines is 1. The minimum atomic E-state index is -0.275. The zero-order valence-electron chi connectivity index (χ0n) is 11.3. The number of Topliss-reactive ketones (excluding diaryl/α,β-unsaturated/α-hetero) is 1. The number of ether oxygens (including phenoxy) is 1. The largest absolute Gasteiger partial charge is 0.496 e. The van der Waals surface area contributed by atoms with E-state index in [1.807, 2.05) is 0 Å². The van der Waals surface area contributed by atoms with Gasteiger partial charge in [-0.1, -0.05) is 24.3 Å². The number of methoxy groups -OCH3 is 1. The number of benzene rings is 2. The molecule has 1 amide bonds. The Hall–Kier alpha value is -2.62. The molecule has 20 heavy (non-hydrogen) atoms. The van der Waals surface area contributed by atoms with Crippen molar-refractivity contribution in [2.24, 2.45) is 0 Å². The highest BCUT2D eigenvalue weighted by atomic mass is 16.5. The third kappa shape index (κ3) is 3.03. The quantitative estimate of drug-likeness (QED) is 0.867. The van der Waals surface area contributed by atoms with Gasteiger partial charge in [0.2, 0.25) is 0 Å². The lowest BCUT2D eigenvalue weighted by Gasteiger charge is -2.09. The maximum absolute atomic E-state index is 12.2. The molecule has 0 atom stereocenters. The summed E-state index contributed by atoms with van der Waals surface area (Å²) in [5.41, 5.74) is 1.58. The molecule has 0 unspecified atom stereocenters. The van der Waals surface area contributed by atoms with Gasteiger partial charge in [-0.2, -0.15) is 0 Å². The van der Waals surface area contributed by atoms with Crippen LogP contribution < -0.4 is 10.1 Å². The summed E-state index contributed by atoms with van der Waals surface area (Å²) >= 11 is 0. The number of amides is 1. The molecule has 0 spiro atoms. The number of nitrogens with one attached hydrogen (secondary N) is 1. The van der Waals surface area contributed by atoms with Crippen molar-refractivity contribution in [3.8, 4) is 5.75 Å². The minimum Gasteiger partial charge on any atom is -0.496 e. The first kappa shape index (κ1) is 13.8. The van der Waals surface area contributed by atoms with Crippen LogP contribution in [-0.4, -0.2) is 18.8 Å². The number of rotatable bonds is 4. The highest BCUT2D eigenvalue weighted by Crippen LogP contribution is 2.19. The van der Waals surface area contributed by atoms with Crippen molar-refractivity contribution >= 4 is 17.4 Å². The van der Waals surface area contributed by atoms with Gasteiger partial charge in [0, 0.05) is 11.3 Å². The zero-order valence-corrected chi connectivity index (χ0v) is 11.3. The van der Waals surface area contributed by atoms with Crippen molar-refractivity contribution in [1.82, 2.24) is 0 Å². The van der Waals surface area contributed by atoms with Crippen LogP contribution in [0, 0.1) is 0 Å². The molecule has 2 aromatic rings. The molecule has 0 heterocycles. The molecule has 0 fully saturated rings. The molecule has 0 aliphatic heterocycles. The molecule has 4 heteroatoms. The van der Waals surface area contributed by atoms with Gasteiger partial charge in [-0.3, -0.25) is 9.59 Å². The van der Waals surface area contributed by atoms with E-state index in [0.29, 0.717) is 22.6 Å². The van der Waals surface area contributed by atoms with Crippen LogP contribution in [0.25, 0.3) is 0 Å². The van der Waals surface area contributed by atoms with E-state index >= 15 is 0 Å². The van der Waals surface area contributed by atoms with E-state index in [4.69, 9.17) is 4.74 Å². The van der Waals surface area contributed by atoms with Crippen molar-refractivity contribution in [1.29, 1.82) is 0 Å². The zero-order chi connectivity index (χ0) is 14.5. The predicted octanol–water partition coefficient (Wildman–Crippen LogP) is 3.15. The highest BCUT2D eigenvalue weighted by molar-refractivity contribution is 6.06. The first-order valence-corrected chi connectivity index (χ1v) is 6.17. The lowest BCUT2D eigenvalue weighted by molar-refractivity contribution is 0.101. The Morgan fingerprint density at radius 2 is 1.80 bits per heavy atom. The van der Waals surface area contributed by atoms with Gasteiger partial charge in [0.15, 0.2) is 5.78 Å². The van der Waals surface area contributed by atoms with Crippen LogP contribution in [0.1, 0.15) is 27.6 Å². The van der Waals surface area contributed by atoms with Crippen LogP contribution >= 0.6 is 0 Å². The first-order valence-electron chi connectivity index (χ1n) is 6.17. The molecule has 0 aliphatic rings. The molecule has 102 valence electrons. The fourth-order valence-corrected chi connectivity index (χ4v) is 1.85. The Morgan fingerprint density at radius 1 is 1.05 bits per heavy atom. The molecule has 0 aromatic heterocycles. The molecular weight excluding hydrogens is 254 g/mol. The topological polar surface area (TPSA) is 55.4 Å². The average molecular weight is 269 g/mol. The number of hydrogen-bond acceptors (Lipinski definition) is 3. The summed E-state index contributed by atoms with van der Waals surface area (Å²) < 4.78 is 5.15. The second kappa shape index (κ2) is 6.02. The third-order valence-corrected chi connectivity index (χ3v) is 2.88. The number of carbonyl (C=O) groups excluding carboxylic acids is 2. The average Bonchev–Trinajstić information content (AvgIpc) is 2.47. The summed E-state index contributed by atoms with van der Waals surface area (Å²) in [7, 11) is 1.52. The summed E-state index contributed by atoms with van der Waals surface area (Å²) in [4.78, 5) is 23.5. The van der Waals surface area contributed by atoms with E-state index in [1.54, 1.807) is 48.5 Å². The summed E-state index contributed by atoms with van der Waals surface area (Å²) in [5, 5.41) is 2.76. The van der Waals surface area contributed by atoms with E-state index in [2.05, 4.69) is 5.32 Å². The Labute approximate surface area is 117 Å². The van der Waals surface area contributed by atoms with Crippen LogP contribution in [0.15, 0.2) is 48.5 Å². The van der Waals surface area contributed by atoms with Gasteiger partial charge in [-0.25, -0.2) is 0 Å². The maximum Gasteiger partial charge on any atom is 0.259 e. The van der Waals surface area contributed by atoms with Gasteiger partial charge in [0.05, 0.1) is 12.7 Å². The van der Waals surface area contributed by atoms with Gasteiger partial charge in [0.1, 0.15) is 5.75 Å². The van der Waals surface area contributed by atoms with Crippen LogP contribution in [0.2, 0.25) is 0 Å². The summed E-state index contributed by atoms with van der Waals surface area (Å²) in [6.45, 7) is 1.49. The molecule has 0 saturated carbocycles. The summed E-state index contributed by atoms with van der Waals surface area (Å²) in [6, 6.07) is 13.8. The lowest BCUT2D eigenvalue weighted by Crippen LogP contribution is -2.13. The van der Waals surface area contributed by atoms with Crippen LogP contribution in [-0.2, 0) is 0 Å². The van der Waals surface area contributed by atoms with Gasteiger partial charge < -0.3 is 10.1 Å². The van der Waals surface area contributed by atoms with Gasteiger partial charge in [-0.15, -0.1) is 0 Å². The second-order valence-electron chi connectivity index (χ2n) is 4.29. The van der Waals surface area contributed by atoms with Crippen molar-refractivity contribution in [3.05, 3.63) is 59.7 Å². The van der Waals surface area contributed by atoms with Crippen molar-refractivity contribution in [3.63, 3.8) is 0 Å². The van der Waals surface area contributed by atoms with Gasteiger partial charge in [0.25, 0.3) is 5.91 Å². The maximum atomic E-state index is 12.2. The minimum absolute atomic E-state index is 0.0432. The van der Waals surface area contributed by atoms with Crippen LogP contribution in [0.4, 0.5) is 5.69 Å². The molecule has 2 rings (SSSR count). The smallest absolute Gasteiger partial charge is 0.259 e. The number of carbonyl (C=O) groups is 2. The van der Waals surface area contributed by atoms with E-state index in [0.717, 1.165) is 0 Å². The SMILES string of the molecule is COc1ccccc1C(=O)Nc1cccc(C(C)=O)c1. The Kier molecular flexibility index (Phi) is 4.15. The summed E-state index contributed by atoms with van der Waals surface area (Å²) in [5.74, 6) is 0.189. The molecular formula is C16H15NO3. The fraction of sp³-hybridized carbons (Fsp3) is 0.125. The molecule has 0 bridgehead atoms. The molecule has 0 radical (unpaired) electrons. The van der Waals surface area contributed by atoms with Crippen molar-refractivity contribution in [2.75, 3.05) is 12.4 Å². The predicted molar refractivity (Wildman–Crippen MR) is 77.4 cm³/mol. The van der Waals surface area contributed by atoms with Gasteiger partial charge >= 0.3 is 0 Å². The monoisotopic (exact) mass is 269 g/mol. The third-order valence-electron chi connectivity index (χ3n) is 2.88. The molecule has 4 nitrogen and oxygen atoms in total. The normalized spacial score (nSPS) is 9.90. The first-order chi connectivity index (χ1) is 9.61. The van der Waals surface area contributed by atoms with Crippen LogP contribution in [0.3, 0.4) is 0 Å². The second-order valence-corrected chi connectivity index (χ2v) is 4.29. The number of hydrogen-bond donors (Lipinski definition) is 1. The standard InChI is InChI=1S/C16H15NO3/c1-11(18)12-6-5-7-13(10-12)17-16(19)14-8-3-4-9-15(14)20-2/h3-10H,1-2H3,(H,17,19). The highest BCUT2D eigenvalue weighted by Gasteiger charge is 2.12. The molecule has 0 aliphatic carbocycles. The molecule has 1 N–H and O–H groups in total. The van der Waals surface area contributed by atoms with Gasteiger partial charge in [-0.05, 0) is 31.2 Å². The Balaban J connectivity index is 2.23. The van der Waals surface area contributed by atoms with E-state index < -0.39 is 0 Å². The van der Waals surface area contributed by atoms with Crippen LogP contribution in [0.5, 0.6) is 5.75 Å². The fourth-order valence-electron chi connectivity index (χ4n) is 1.85. The number of ketones is 1. The van der Waals surface area contributed by atoms with Crippen molar-refractivity contribution in [2.45, 2.75) is 6.92 Å². The Morgan fingerprint density at radius 3 is 2.50 bits per heavy atom. The van der Waals surface area contributed by atoms with Crippen molar-refractivity contribution < 1.29 is 14.3 Å². The Bertz CT molecular complexity index is 650. The summed E-state index contributed by atoms with van der Waals surface area (Å²) in [6.07, 6.45) is 0. The number of para-hydroxylation sites is 1. The molecule has 2 aromatic carbocycles. The van der Waals surface area contributed by atoms with E-state index in [-0.39, 0.29) is 11.7 Å².